The van der Waals surface area contributed by atoms with Crippen LogP contribution in [-0.2, 0) is 4.57 Å². The van der Waals surface area contributed by atoms with Gasteiger partial charge in [0.15, 0.2) is 7.14 Å². The predicted molar refractivity (Wildman–Crippen MR) is 128 cm³/mol. The molecule has 30 heavy (non-hydrogen) atoms. The van der Waals surface area contributed by atoms with Crippen molar-refractivity contribution in [3.63, 3.8) is 0 Å². The highest BCUT2D eigenvalue weighted by Crippen LogP contribution is 2.66. The summed E-state index contributed by atoms with van der Waals surface area (Å²) in [5.74, 6) is 0. The zero-order valence-corrected chi connectivity index (χ0v) is 18.1. The maximum Gasteiger partial charge on any atom is 0.173 e. The van der Waals surface area contributed by atoms with Gasteiger partial charge in [-0.15, -0.1) is 0 Å². The van der Waals surface area contributed by atoms with Crippen molar-refractivity contribution in [1.29, 1.82) is 0 Å². The van der Waals surface area contributed by atoms with E-state index in [0.717, 1.165) is 49.3 Å². The zero-order valence-electron chi connectivity index (χ0n) is 17.2. The molecule has 4 aromatic rings. The van der Waals surface area contributed by atoms with Gasteiger partial charge >= 0.3 is 0 Å². The van der Waals surface area contributed by atoms with Crippen LogP contribution in [0.5, 0.6) is 0 Å². The highest BCUT2D eigenvalue weighted by atomic mass is 31.2. The summed E-state index contributed by atoms with van der Waals surface area (Å²) in [7, 11) is -3.06. The first-order valence-corrected chi connectivity index (χ1v) is 12.0. The Labute approximate surface area is 178 Å². The molecule has 0 aromatic heterocycles. The Kier molecular flexibility index (Phi) is 4.57. The molecular formula is C28H23OP. The molecule has 1 heterocycles. The first-order valence-electron chi connectivity index (χ1n) is 10.2. The van der Waals surface area contributed by atoms with Gasteiger partial charge < -0.3 is 4.57 Å². The first-order chi connectivity index (χ1) is 14.6. The molecule has 1 nitrogen and oxygen atoms in total. The second-order valence-electron chi connectivity index (χ2n) is 7.82. The van der Waals surface area contributed by atoms with Gasteiger partial charge in [-0.05, 0) is 41.7 Å². The van der Waals surface area contributed by atoms with Crippen molar-refractivity contribution in [3.8, 4) is 0 Å². The second kappa shape index (κ2) is 7.27. The molecule has 0 radical (unpaired) electrons. The SMILES string of the molecule is Cc1ccccc1[P@@]1(=O)C(c2ccccc2)=C(c2ccccc2)c2cccc(C)c21. The Bertz CT molecular complexity index is 1320. The third kappa shape index (κ3) is 2.74. The van der Waals surface area contributed by atoms with Gasteiger partial charge in [0, 0.05) is 21.5 Å². The van der Waals surface area contributed by atoms with E-state index in [1.807, 2.05) is 42.5 Å². The summed E-state index contributed by atoms with van der Waals surface area (Å²) >= 11 is 0. The Morgan fingerprint density at radius 1 is 0.567 bits per heavy atom. The van der Waals surface area contributed by atoms with Crippen LogP contribution in [-0.4, -0.2) is 0 Å². The van der Waals surface area contributed by atoms with Gasteiger partial charge in [0.05, 0.1) is 0 Å². The van der Waals surface area contributed by atoms with Gasteiger partial charge in [0.25, 0.3) is 0 Å². The van der Waals surface area contributed by atoms with E-state index in [4.69, 9.17) is 0 Å². The van der Waals surface area contributed by atoms with Crippen molar-refractivity contribution in [2.75, 3.05) is 0 Å². The van der Waals surface area contributed by atoms with Crippen molar-refractivity contribution in [1.82, 2.24) is 0 Å². The third-order valence-electron chi connectivity index (χ3n) is 5.94. The van der Waals surface area contributed by atoms with Crippen molar-refractivity contribution in [3.05, 3.63) is 131 Å². The van der Waals surface area contributed by atoms with Gasteiger partial charge in [0.1, 0.15) is 0 Å². The van der Waals surface area contributed by atoms with Crippen molar-refractivity contribution in [2.45, 2.75) is 13.8 Å². The summed E-state index contributed by atoms with van der Waals surface area (Å²) < 4.78 is 15.3. The highest BCUT2D eigenvalue weighted by Gasteiger charge is 2.44. The van der Waals surface area contributed by atoms with Crippen LogP contribution in [0.1, 0.15) is 27.8 Å². The molecule has 5 rings (SSSR count). The Morgan fingerprint density at radius 3 is 1.80 bits per heavy atom. The lowest BCUT2D eigenvalue weighted by Gasteiger charge is -2.22. The van der Waals surface area contributed by atoms with Crippen LogP contribution in [0.15, 0.2) is 103 Å². The van der Waals surface area contributed by atoms with Crippen LogP contribution >= 0.6 is 7.14 Å². The third-order valence-corrected chi connectivity index (χ3v) is 9.45. The lowest BCUT2D eigenvalue weighted by Crippen LogP contribution is -2.20. The molecule has 0 saturated carbocycles. The molecule has 0 fully saturated rings. The van der Waals surface area contributed by atoms with Gasteiger partial charge in [0.2, 0.25) is 0 Å². The van der Waals surface area contributed by atoms with Crippen LogP contribution in [0, 0.1) is 13.8 Å². The second-order valence-corrected chi connectivity index (χ2v) is 10.4. The standard InChI is InChI=1S/C28H23OP/c1-20-12-9-10-19-25(20)30(29)27-21(2)13-11-18-24(27)26(22-14-5-3-6-15-22)28(30)23-16-7-4-8-17-23/h3-19H,1-2H3/t30-/m0/s1. The van der Waals surface area contributed by atoms with Crippen LogP contribution in [0.25, 0.3) is 10.9 Å². The number of fused-ring (bicyclic) bond motifs is 1. The Morgan fingerprint density at radius 2 is 1.13 bits per heavy atom. The van der Waals surface area contributed by atoms with E-state index in [1.165, 1.54) is 0 Å². The minimum atomic E-state index is -3.06. The first kappa shape index (κ1) is 18.9. The summed E-state index contributed by atoms with van der Waals surface area (Å²) in [6.07, 6.45) is 0. The molecule has 0 spiro atoms. The quantitative estimate of drug-likeness (QED) is 0.353. The largest absolute Gasteiger partial charge is 0.309 e. The lowest BCUT2D eigenvalue weighted by atomic mass is 9.95. The molecule has 0 N–H and O–H groups in total. The summed E-state index contributed by atoms with van der Waals surface area (Å²) in [6, 6.07) is 35.0. The maximum atomic E-state index is 15.3. The van der Waals surface area contributed by atoms with E-state index < -0.39 is 7.14 Å². The number of hydrogen-bond acceptors (Lipinski definition) is 1. The Balaban J connectivity index is 1.98. The molecule has 1 atom stereocenters. The normalized spacial score (nSPS) is 17.8. The summed E-state index contributed by atoms with van der Waals surface area (Å²) in [4.78, 5) is 0. The zero-order chi connectivity index (χ0) is 20.7. The number of aryl methyl sites for hydroxylation is 2. The number of benzene rings is 4. The summed E-state index contributed by atoms with van der Waals surface area (Å²) in [5.41, 5.74) is 6.46. The van der Waals surface area contributed by atoms with Gasteiger partial charge in [-0.25, -0.2) is 0 Å². The predicted octanol–water partition coefficient (Wildman–Crippen LogP) is 6.55. The maximum absolute atomic E-state index is 15.3. The van der Waals surface area contributed by atoms with Gasteiger partial charge in [-0.1, -0.05) is 103 Å². The minimum absolute atomic E-state index is 0.935. The fourth-order valence-electron chi connectivity index (χ4n) is 4.65. The molecule has 0 amide bonds. The van der Waals surface area contributed by atoms with Gasteiger partial charge in [-0.3, -0.25) is 0 Å². The number of rotatable bonds is 3. The van der Waals surface area contributed by atoms with E-state index in [9.17, 15) is 0 Å². The monoisotopic (exact) mass is 406 g/mol. The fourth-order valence-corrected chi connectivity index (χ4v) is 8.40. The molecule has 2 heteroatoms. The average Bonchev–Trinajstić information content (AvgIpc) is 3.06. The van der Waals surface area contributed by atoms with Gasteiger partial charge in [-0.2, -0.15) is 0 Å². The molecule has 0 saturated heterocycles. The van der Waals surface area contributed by atoms with Crippen LogP contribution in [0.4, 0.5) is 0 Å². The van der Waals surface area contributed by atoms with E-state index in [1.54, 1.807) is 0 Å². The summed E-state index contributed by atoms with van der Waals surface area (Å²) in [6.45, 7) is 4.15. The Hall–Kier alpha value is -3.15. The number of hydrogen-bond donors (Lipinski definition) is 0. The molecule has 0 bridgehead atoms. The molecule has 0 unspecified atom stereocenters. The summed E-state index contributed by atoms with van der Waals surface area (Å²) in [5, 5.41) is 2.87. The van der Waals surface area contributed by atoms with Crippen molar-refractivity contribution >= 4 is 28.6 Å². The molecule has 0 aliphatic carbocycles. The highest BCUT2D eigenvalue weighted by molar-refractivity contribution is 7.88. The van der Waals surface area contributed by atoms with Crippen molar-refractivity contribution in [2.24, 2.45) is 0 Å². The van der Waals surface area contributed by atoms with E-state index >= 15 is 4.57 Å². The minimum Gasteiger partial charge on any atom is -0.309 e. The lowest BCUT2D eigenvalue weighted by molar-refractivity contribution is 0.593. The van der Waals surface area contributed by atoms with E-state index in [2.05, 4.69) is 74.5 Å². The molecule has 4 aromatic carbocycles. The average molecular weight is 406 g/mol. The smallest absolute Gasteiger partial charge is 0.173 e. The van der Waals surface area contributed by atoms with Crippen LogP contribution < -0.4 is 10.6 Å². The molecular weight excluding hydrogens is 383 g/mol. The van der Waals surface area contributed by atoms with Crippen LogP contribution in [0.3, 0.4) is 0 Å². The molecule has 146 valence electrons. The molecule has 1 aliphatic heterocycles. The van der Waals surface area contributed by atoms with E-state index in [-0.39, 0.29) is 0 Å². The van der Waals surface area contributed by atoms with E-state index in [0.29, 0.717) is 0 Å². The van der Waals surface area contributed by atoms with Crippen LogP contribution in [0.2, 0.25) is 0 Å². The fraction of sp³-hybridized carbons (Fsp3) is 0.0714. The molecule has 1 aliphatic rings. The topological polar surface area (TPSA) is 17.1 Å². The van der Waals surface area contributed by atoms with Crippen molar-refractivity contribution < 1.29 is 4.57 Å².